The van der Waals surface area contributed by atoms with Crippen molar-refractivity contribution in [3.8, 4) is 0 Å². The summed E-state index contributed by atoms with van der Waals surface area (Å²) in [5.41, 5.74) is 1.87. The second-order valence-corrected chi connectivity index (χ2v) is 14.1. The van der Waals surface area contributed by atoms with Crippen molar-refractivity contribution in [2.24, 2.45) is 5.92 Å². The number of Topliss-reactive ketones (excluding diaryl/α,β-unsaturated/α-hetero) is 1. The first-order chi connectivity index (χ1) is 22.0. The maximum Gasteiger partial charge on any atom is 0.308 e. The molecule has 0 aliphatic carbocycles. The zero-order chi connectivity index (χ0) is 32.5. The summed E-state index contributed by atoms with van der Waals surface area (Å²) in [7, 11) is 1.91. The molecule has 1 aromatic rings. The molecule has 1 aliphatic rings. The van der Waals surface area contributed by atoms with Gasteiger partial charge >= 0.3 is 5.97 Å². The number of nitrogens with one attached hydrogen (secondary N) is 3. The van der Waals surface area contributed by atoms with E-state index in [1.54, 1.807) is 11.3 Å². The van der Waals surface area contributed by atoms with Gasteiger partial charge in [0.2, 0.25) is 0 Å². The molecule has 8 heteroatoms. The van der Waals surface area contributed by atoms with Crippen LogP contribution in [0.25, 0.3) is 0 Å². The lowest BCUT2D eigenvalue weighted by molar-refractivity contribution is -0.149. The van der Waals surface area contributed by atoms with Gasteiger partial charge in [0.15, 0.2) is 0 Å². The number of hydrogen-bond donors (Lipinski definition) is 3. The lowest BCUT2D eigenvalue weighted by Gasteiger charge is -2.16. The predicted molar refractivity (Wildman–Crippen MR) is 188 cm³/mol. The largest absolute Gasteiger partial charge is 0.465 e. The molecular formula is C37H65N3O4S. The van der Waals surface area contributed by atoms with E-state index in [9.17, 15) is 14.4 Å². The van der Waals surface area contributed by atoms with Gasteiger partial charge in [0.25, 0.3) is 5.91 Å². The Bertz CT molecular complexity index is 948. The zero-order valence-corrected chi connectivity index (χ0v) is 29.8. The fourth-order valence-corrected chi connectivity index (χ4v) is 7.57. The Morgan fingerprint density at radius 3 is 2.13 bits per heavy atom. The van der Waals surface area contributed by atoms with Gasteiger partial charge in [0.05, 0.1) is 18.1 Å². The quantitative estimate of drug-likeness (QED) is 0.0629. The summed E-state index contributed by atoms with van der Waals surface area (Å²) in [6, 6.07) is 0. The molecule has 0 atom stereocenters. The molecule has 1 aromatic heterocycles. The predicted octanol–water partition coefficient (Wildman–Crippen LogP) is 8.07. The van der Waals surface area contributed by atoms with Crippen molar-refractivity contribution in [3.63, 3.8) is 0 Å². The maximum absolute atomic E-state index is 13.1. The molecule has 0 spiro atoms. The summed E-state index contributed by atoms with van der Waals surface area (Å²) >= 11 is 1.62. The first kappa shape index (κ1) is 39.4. The topological polar surface area (TPSA) is 96.5 Å². The van der Waals surface area contributed by atoms with Crippen molar-refractivity contribution < 1.29 is 19.1 Å². The molecule has 7 nitrogen and oxygen atoms in total. The van der Waals surface area contributed by atoms with Crippen LogP contribution in [0.5, 0.6) is 0 Å². The fourth-order valence-electron chi connectivity index (χ4n) is 6.22. The average Bonchev–Trinajstić information content (AvgIpc) is 3.40. The molecule has 0 fully saturated rings. The van der Waals surface area contributed by atoms with E-state index >= 15 is 0 Å². The third kappa shape index (κ3) is 16.6. The van der Waals surface area contributed by atoms with Crippen LogP contribution in [-0.4, -0.2) is 50.9 Å². The van der Waals surface area contributed by atoms with Gasteiger partial charge in [-0.05, 0) is 70.6 Å². The standard InChI is InChI=1S/C37H65N3O4S/c1-4-6-8-10-12-15-20-30(21-16-13-11-9-7-5-2)37(43)44-27-18-14-17-22-31(41)28-33-35(36(42)40-25-19-24-38-3)32-23-26-39-29-34(32)45-33/h30,38-39H,4-29H2,1-3H3,(H,40,42). The number of thiophene rings is 1. The number of esters is 1. The van der Waals surface area contributed by atoms with Crippen molar-refractivity contribution in [2.45, 2.75) is 155 Å². The molecule has 0 unspecified atom stereocenters. The van der Waals surface area contributed by atoms with Gasteiger partial charge in [-0.1, -0.05) is 90.9 Å². The van der Waals surface area contributed by atoms with E-state index in [1.165, 1.54) is 69.1 Å². The van der Waals surface area contributed by atoms with Crippen LogP contribution in [0.3, 0.4) is 0 Å². The third-order valence-electron chi connectivity index (χ3n) is 8.96. The first-order valence-electron chi connectivity index (χ1n) is 18.5. The van der Waals surface area contributed by atoms with E-state index in [2.05, 4.69) is 29.8 Å². The van der Waals surface area contributed by atoms with Crippen molar-refractivity contribution in [2.75, 3.05) is 33.3 Å². The highest BCUT2D eigenvalue weighted by molar-refractivity contribution is 7.12. The van der Waals surface area contributed by atoms with E-state index < -0.39 is 0 Å². The monoisotopic (exact) mass is 647 g/mol. The number of hydrogen-bond acceptors (Lipinski definition) is 7. The van der Waals surface area contributed by atoms with Gasteiger partial charge < -0.3 is 20.7 Å². The Morgan fingerprint density at radius 2 is 1.47 bits per heavy atom. The van der Waals surface area contributed by atoms with Crippen molar-refractivity contribution in [1.82, 2.24) is 16.0 Å². The van der Waals surface area contributed by atoms with Crippen LogP contribution in [0, 0.1) is 5.92 Å². The normalized spacial score (nSPS) is 12.8. The Kier molecular flexibility index (Phi) is 22.2. The molecule has 1 amide bonds. The Balaban J connectivity index is 1.73. The van der Waals surface area contributed by atoms with Crippen LogP contribution in [0.4, 0.5) is 0 Å². The summed E-state index contributed by atoms with van der Waals surface area (Å²) < 4.78 is 5.76. The number of ketones is 1. The summed E-state index contributed by atoms with van der Waals surface area (Å²) in [5.74, 6) is 0.161. The third-order valence-corrected chi connectivity index (χ3v) is 10.2. The molecule has 0 saturated heterocycles. The van der Waals surface area contributed by atoms with Gasteiger partial charge in [-0.15, -0.1) is 11.3 Å². The minimum atomic E-state index is -0.0404. The van der Waals surface area contributed by atoms with E-state index in [1.807, 2.05) is 7.05 Å². The Morgan fingerprint density at radius 1 is 0.822 bits per heavy atom. The SMILES string of the molecule is CCCCCCCCC(CCCCCCCC)C(=O)OCCCCCC(=O)Cc1sc2c(c1C(=O)NCCCNC)CCNC2. The Hall–Kier alpha value is -1.77. The molecule has 0 saturated carbocycles. The lowest BCUT2D eigenvalue weighted by atomic mass is 9.94. The highest BCUT2D eigenvalue weighted by Gasteiger charge is 2.26. The van der Waals surface area contributed by atoms with Gasteiger partial charge in [0, 0.05) is 35.7 Å². The van der Waals surface area contributed by atoms with Crippen LogP contribution >= 0.6 is 11.3 Å². The highest BCUT2D eigenvalue weighted by atomic mass is 32.1. The van der Waals surface area contributed by atoms with Crippen LogP contribution < -0.4 is 16.0 Å². The second-order valence-electron chi connectivity index (χ2n) is 12.9. The van der Waals surface area contributed by atoms with Crippen LogP contribution in [-0.2, 0) is 33.7 Å². The number of unbranched alkanes of at least 4 members (excludes halogenated alkanes) is 12. The first-order valence-corrected chi connectivity index (χ1v) is 19.3. The van der Waals surface area contributed by atoms with Crippen molar-refractivity contribution in [1.29, 1.82) is 0 Å². The summed E-state index contributed by atoms with van der Waals surface area (Å²) in [4.78, 5) is 41.1. The number of carbonyl (C=O) groups excluding carboxylic acids is 3. The summed E-state index contributed by atoms with van der Waals surface area (Å²) in [6.45, 7) is 8.04. The molecule has 0 radical (unpaired) electrons. The van der Waals surface area contributed by atoms with Crippen LogP contribution in [0.15, 0.2) is 0 Å². The molecule has 45 heavy (non-hydrogen) atoms. The molecule has 0 bridgehead atoms. The van der Waals surface area contributed by atoms with Crippen LogP contribution in [0.1, 0.15) is 162 Å². The number of fused-ring (bicyclic) bond motifs is 1. The van der Waals surface area contributed by atoms with Gasteiger partial charge in [-0.2, -0.15) is 0 Å². The molecular weight excluding hydrogens is 582 g/mol. The molecule has 1 aliphatic heterocycles. The molecule has 3 N–H and O–H groups in total. The zero-order valence-electron chi connectivity index (χ0n) is 29.0. The van der Waals surface area contributed by atoms with Gasteiger partial charge in [-0.3, -0.25) is 14.4 Å². The van der Waals surface area contributed by atoms with Gasteiger partial charge in [0.1, 0.15) is 5.78 Å². The minimum Gasteiger partial charge on any atom is -0.465 e. The summed E-state index contributed by atoms with van der Waals surface area (Å²) in [6.07, 6.45) is 21.8. The molecule has 2 heterocycles. The van der Waals surface area contributed by atoms with Crippen molar-refractivity contribution in [3.05, 3.63) is 20.9 Å². The average molecular weight is 648 g/mol. The lowest BCUT2D eigenvalue weighted by Crippen LogP contribution is -2.29. The molecule has 0 aromatic carbocycles. The smallest absolute Gasteiger partial charge is 0.308 e. The maximum atomic E-state index is 13.1. The number of carbonyl (C=O) groups is 3. The molecule has 258 valence electrons. The van der Waals surface area contributed by atoms with E-state index in [-0.39, 0.29) is 23.6 Å². The summed E-state index contributed by atoms with van der Waals surface area (Å²) in [5, 5.41) is 9.56. The van der Waals surface area contributed by atoms with E-state index in [0.717, 1.165) is 93.4 Å². The van der Waals surface area contributed by atoms with E-state index in [0.29, 0.717) is 26.0 Å². The highest BCUT2D eigenvalue weighted by Crippen LogP contribution is 2.32. The fraction of sp³-hybridized carbons (Fsp3) is 0.811. The second kappa shape index (κ2) is 25.3. The van der Waals surface area contributed by atoms with Crippen molar-refractivity contribution >= 4 is 29.0 Å². The Labute approximate surface area is 278 Å². The molecule has 2 rings (SSSR count). The van der Waals surface area contributed by atoms with Crippen LogP contribution in [0.2, 0.25) is 0 Å². The van der Waals surface area contributed by atoms with Gasteiger partial charge in [-0.25, -0.2) is 0 Å². The van der Waals surface area contributed by atoms with E-state index in [4.69, 9.17) is 4.74 Å². The number of rotatable bonds is 28. The minimum absolute atomic E-state index is 0.0129. The number of amides is 1. The number of ether oxygens (including phenoxy) is 1.